The van der Waals surface area contributed by atoms with Crippen molar-refractivity contribution in [3.05, 3.63) is 65.3 Å². The lowest BCUT2D eigenvalue weighted by Gasteiger charge is -2.13. The lowest BCUT2D eigenvalue weighted by molar-refractivity contribution is 0.191. The number of benzene rings is 2. The molecule has 2 aromatic carbocycles. The quantitative estimate of drug-likeness (QED) is 0.754. The van der Waals surface area contributed by atoms with Crippen LogP contribution < -0.4 is 5.32 Å². The standard InChI is InChI=1S/C16H14FNOS/c17-13-3-1-11(2-4-13)15(19)10-18-14-5-6-16-12(9-14)7-8-20-16/h1-9,15,18-19H,10H2. The molecule has 0 spiro atoms. The predicted octanol–water partition coefficient (Wildman–Crippen LogP) is 4.19. The molecule has 1 aromatic heterocycles. The second-order valence-electron chi connectivity index (χ2n) is 4.62. The van der Waals surface area contributed by atoms with Crippen LogP contribution in [0.4, 0.5) is 10.1 Å². The van der Waals surface area contributed by atoms with Gasteiger partial charge in [0.2, 0.25) is 0 Å². The summed E-state index contributed by atoms with van der Waals surface area (Å²) in [4.78, 5) is 0. The fourth-order valence-corrected chi connectivity index (χ4v) is 2.86. The van der Waals surface area contributed by atoms with Crippen molar-refractivity contribution in [2.24, 2.45) is 0 Å². The Balaban J connectivity index is 1.67. The molecule has 0 bridgehead atoms. The van der Waals surface area contributed by atoms with E-state index in [1.54, 1.807) is 23.5 Å². The Hall–Kier alpha value is -1.91. The summed E-state index contributed by atoms with van der Waals surface area (Å²) < 4.78 is 14.1. The van der Waals surface area contributed by atoms with E-state index in [4.69, 9.17) is 0 Å². The van der Waals surface area contributed by atoms with Crippen molar-refractivity contribution >= 4 is 27.1 Å². The summed E-state index contributed by atoms with van der Waals surface area (Å²) in [5.74, 6) is -0.295. The number of rotatable bonds is 4. The highest BCUT2D eigenvalue weighted by Gasteiger charge is 2.07. The highest BCUT2D eigenvalue weighted by Crippen LogP contribution is 2.24. The van der Waals surface area contributed by atoms with Gasteiger partial charge in [0.1, 0.15) is 5.82 Å². The summed E-state index contributed by atoms with van der Waals surface area (Å²) in [7, 11) is 0. The van der Waals surface area contributed by atoms with Gasteiger partial charge in [-0.15, -0.1) is 11.3 Å². The van der Waals surface area contributed by atoms with Crippen LogP contribution in [-0.4, -0.2) is 11.7 Å². The third kappa shape index (κ3) is 2.81. The van der Waals surface area contributed by atoms with Crippen LogP contribution in [0.3, 0.4) is 0 Å². The molecule has 0 saturated heterocycles. The van der Waals surface area contributed by atoms with Crippen LogP contribution in [-0.2, 0) is 0 Å². The SMILES string of the molecule is OC(CNc1ccc2sccc2c1)c1ccc(F)cc1. The van der Waals surface area contributed by atoms with Gasteiger partial charge >= 0.3 is 0 Å². The summed E-state index contributed by atoms with van der Waals surface area (Å²) in [6.45, 7) is 0.390. The molecule has 2 N–H and O–H groups in total. The van der Waals surface area contributed by atoms with Crippen molar-refractivity contribution in [2.45, 2.75) is 6.10 Å². The van der Waals surface area contributed by atoms with Crippen molar-refractivity contribution in [1.29, 1.82) is 0 Å². The lowest BCUT2D eigenvalue weighted by Crippen LogP contribution is -2.12. The van der Waals surface area contributed by atoms with Gasteiger partial charge in [0.05, 0.1) is 6.10 Å². The highest BCUT2D eigenvalue weighted by atomic mass is 32.1. The molecule has 3 aromatic rings. The zero-order valence-electron chi connectivity index (χ0n) is 10.7. The monoisotopic (exact) mass is 287 g/mol. The number of halogens is 1. The Labute approximate surface area is 120 Å². The van der Waals surface area contributed by atoms with Gasteiger partial charge in [0, 0.05) is 16.9 Å². The van der Waals surface area contributed by atoms with Crippen LogP contribution in [0.1, 0.15) is 11.7 Å². The molecule has 0 aliphatic carbocycles. The molecule has 102 valence electrons. The van der Waals surface area contributed by atoms with Gasteiger partial charge in [-0.25, -0.2) is 4.39 Å². The van der Waals surface area contributed by atoms with Crippen LogP contribution in [0, 0.1) is 5.82 Å². The van der Waals surface area contributed by atoms with Gasteiger partial charge in [-0.3, -0.25) is 0 Å². The van der Waals surface area contributed by atoms with E-state index >= 15 is 0 Å². The normalized spacial score (nSPS) is 12.5. The summed E-state index contributed by atoms with van der Waals surface area (Å²) in [5.41, 5.74) is 1.67. The third-order valence-corrected chi connectivity index (χ3v) is 4.10. The zero-order chi connectivity index (χ0) is 13.9. The average Bonchev–Trinajstić information content (AvgIpc) is 2.93. The maximum absolute atomic E-state index is 12.8. The van der Waals surface area contributed by atoms with Gasteiger partial charge in [0.15, 0.2) is 0 Å². The van der Waals surface area contributed by atoms with Crippen molar-refractivity contribution < 1.29 is 9.50 Å². The lowest BCUT2D eigenvalue weighted by atomic mass is 10.1. The first-order valence-electron chi connectivity index (χ1n) is 6.37. The van der Waals surface area contributed by atoms with Gasteiger partial charge in [-0.1, -0.05) is 12.1 Å². The number of aliphatic hydroxyl groups is 1. The van der Waals surface area contributed by atoms with E-state index in [0.717, 1.165) is 5.69 Å². The van der Waals surface area contributed by atoms with Crippen LogP contribution >= 0.6 is 11.3 Å². The van der Waals surface area contributed by atoms with Gasteiger partial charge < -0.3 is 10.4 Å². The van der Waals surface area contributed by atoms with E-state index in [-0.39, 0.29) is 5.82 Å². The minimum Gasteiger partial charge on any atom is -0.387 e. The van der Waals surface area contributed by atoms with Crippen LogP contribution in [0.25, 0.3) is 10.1 Å². The minimum atomic E-state index is -0.659. The zero-order valence-corrected chi connectivity index (χ0v) is 11.5. The van der Waals surface area contributed by atoms with Gasteiger partial charge in [0.25, 0.3) is 0 Å². The minimum absolute atomic E-state index is 0.295. The molecule has 1 heterocycles. The number of aliphatic hydroxyl groups excluding tert-OH is 1. The second kappa shape index (κ2) is 5.61. The Bertz CT molecular complexity index is 708. The predicted molar refractivity (Wildman–Crippen MR) is 81.7 cm³/mol. The smallest absolute Gasteiger partial charge is 0.123 e. The maximum Gasteiger partial charge on any atom is 0.123 e. The summed E-state index contributed by atoms with van der Waals surface area (Å²) in [6.07, 6.45) is -0.659. The number of anilines is 1. The molecule has 2 nitrogen and oxygen atoms in total. The Morgan fingerprint density at radius 2 is 1.90 bits per heavy atom. The number of thiophene rings is 1. The first kappa shape index (κ1) is 13.1. The number of fused-ring (bicyclic) bond motifs is 1. The topological polar surface area (TPSA) is 32.3 Å². The van der Waals surface area contributed by atoms with E-state index in [1.807, 2.05) is 6.07 Å². The summed E-state index contributed by atoms with van der Waals surface area (Å²) in [6, 6.07) is 14.1. The molecular formula is C16H14FNOS. The maximum atomic E-state index is 12.8. The number of nitrogens with one attached hydrogen (secondary N) is 1. The number of hydrogen-bond donors (Lipinski definition) is 2. The molecule has 0 radical (unpaired) electrons. The van der Waals surface area contributed by atoms with Gasteiger partial charge in [-0.05, 0) is 52.7 Å². The molecule has 0 amide bonds. The van der Waals surface area contributed by atoms with Crippen LogP contribution in [0.5, 0.6) is 0 Å². The largest absolute Gasteiger partial charge is 0.387 e. The second-order valence-corrected chi connectivity index (χ2v) is 5.57. The molecule has 1 atom stereocenters. The van der Waals surface area contributed by atoms with E-state index in [9.17, 15) is 9.50 Å². The Morgan fingerprint density at radius 3 is 2.70 bits per heavy atom. The number of hydrogen-bond acceptors (Lipinski definition) is 3. The molecule has 0 fully saturated rings. The molecule has 3 rings (SSSR count). The van der Waals surface area contributed by atoms with E-state index < -0.39 is 6.10 Å². The van der Waals surface area contributed by atoms with Crippen molar-refractivity contribution in [2.75, 3.05) is 11.9 Å². The third-order valence-electron chi connectivity index (χ3n) is 3.21. The van der Waals surface area contributed by atoms with Crippen molar-refractivity contribution in [1.82, 2.24) is 0 Å². The Morgan fingerprint density at radius 1 is 1.10 bits per heavy atom. The molecule has 0 saturated carbocycles. The molecule has 20 heavy (non-hydrogen) atoms. The van der Waals surface area contributed by atoms with Crippen LogP contribution in [0.2, 0.25) is 0 Å². The van der Waals surface area contributed by atoms with E-state index in [1.165, 1.54) is 22.2 Å². The fraction of sp³-hybridized carbons (Fsp3) is 0.125. The molecular weight excluding hydrogens is 273 g/mol. The first-order chi connectivity index (χ1) is 9.72. The van der Waals surface area contributed by atoms with Crippen molar-refractivity contribution in [3.8, 4) is 0 Å². The first-order valence-corrected chi connectivity index (χ1v) is 7.25. The van der Waals surface area contributed by atoms with Crippen LogP contribution in [0.15, 0.2) is 53.9 Å². The van der Waals surface area contributed by atoms with E-state index in [0.29, 0.717) is 12.1 Å². The fourth-order valence-electron chi connectivity index (χ4n) is 2.09. The highest BCUT2D eigenvalue weighted by molar-refractivity contribution is 7.17. The average molecular weight is 287 g/mol. The van der Waals surface area contributed by atoms with Crippen molar-refractivity contribution in [3.63, 3.8) is 0 Å². The molecule has 4 heteroatoms. The molecule has 0 aliphatic heterocycles. The van der Waals surface area contributed by atoms with E-state index in [2.05, 4.69) is 28.9 Å². The summed E-state index contributed by atoms with van der Waals surface area (Å²) in [5, 5.41) is 16.5. The Kier molecular flexibility index (Phi) is 3.67. The molecule has 0 aliphatic rings. The van der Waals surface area contributed by atoms with Gasteiger partial charge in [-0.2, -0.15) is 0 Å². The molecule has 1 unspecified atom stereocenters. The summed E-state index contributed by atoms with van der Waals surface area (Å²) >= 11 is 1.71.